The van der Waals surface area contributed by atoms with Gasteiger partial charge in [-0.25, -0.2) is 0 Å². The molecule has 0 unspecified atom stereocenters. The van der Waals surface area contributed by atoms with Gasteiger partial charge in [-0.1, -0.05) is 42.0 Å². The van der Waals surface area contributed by atoms with Gasteiger partial charge in [0.25, 0.3) is 0 Å². The number of anilines is 1. The van der Waals surface area contributed by atoms with Crippen LogP contribution in [0.25, 0.3) is 0 Å². The minimum atomic E-state index is 0.974. The fourth-order valence-electron chi connectivity index (χ4n) is 2.24. The zero-order chi connectivity index (χ0) is 13.0. The van der Waals surface area contributed by atoms with Crippen molar-refractivity contribution in [2.24, 2.45) is 0 Å². The SMILES string of the molecule is CCN(Cc1cccc(C)c1)c1cccc(C)c1. The molecular weight excluding hydrogens is 218 g/mol. The highest BCUT2D eigenvalue weighted by molar-refractivity contribution is 5.49. The molecule has 0 aromatic heterocycles. The molecule has 0 amide bonds. The van der Waals surface area contributed by atoms with Gasteiger partial charge in [-0.05, 0) is 44.0 Å². The fraction of sp³-hybridized carbons (Fsp3) is 0.294. The van der Waals surface area contributed by atoms with Crippen molar-refractivity contribution >= 4 is 5.69 Å². The summed E-state index contributed by atoms with van der Waals surface area (Å²) in [7, 11) is 0. The van der Waals surface area contributed by atoms with Gasteiger partial charge in [0.15, 0.2) is 0 Å². The molecule has 0 bridgehead atoms. The molecule has 94 valence electrons. The van der Waals surface area contributed by atoms with E-state index in [4.69, 9.17) is 0 Å². The summed E-state index contributed by atoms with van der Waals surface area (Å²) in [5, 5.41) is 0. The lowest BCUT2D eigenvalue weighted by atomic mass is 10.1. The van der Waals surface area contributed by atoms with E-state index >= 15 is 0 Å². The minimum absolute atomic E-state index is 0.974. The first-order chi connectivity index (χ1) is 8.69. The number of hydrogen-bond donors (Lipinski definition) is 0. The third-order valence-electron chi connectivity index (χ3n) is 3.20. The molecule has 0 fully saturated rings. The molecular formula is C17H21N. The van der Waals surface area contributed by atoms with Crippen molar-refractivity contribution in [1.29, 1.82) is 0 Å². The van der Waals surface area contributed by atoms with Crippen LogP contribution in [0.3, 0.4) is 0 Å². The molecule has 0 aliphatic carbocycles. The maximum atomic E-state index is 2.40. The smallest absolute Gasteiger partial charge is 0.0429 e. The Morgan fingerprint density at radius 3 is 2.17 bits per heavy atom. The Morgan fingerprint density at radius 2 is 1.56 bits per heavy atom. The first-order valence-electron chi connectivity index (χ1n) is 6.56. The number of hydrogen-bond acceptors (Lipinski definition) is 1. The summed E-state index contributed by atoms with van der Waals surface area (Å²) < 4.78 is 0. The van der Waals surface area contributed by atoms with Crippen LogP contribution in [-0.2, 0) is 6.54 Å². The number of benzene rings is 2. The predicted molar refractivity (Wildman–Crippen MR) is 79.1 cm³/mol. The van der Waals surface area contributed by atoms with Crippen LogP contribution in [0.2, 0.25) is 0 Å². The zero-order valence-electron chi connectivity index (χ0n) is 11.5. The second kappa shape index (κ2) is 5.72. The van der Waals surface area contributed by atoms with E-state index in [2.05, 4.69) is 74.2 Å². The predicted octanol–water partition coefficient (Wildman–Crippen LogP) is 4.33. The molecule has 0 aliphatic rings. The molecule has 2 rings (SSSR count). The van der Waals surface area contributed by atoms with E-state index in [0.717, 1.165) is 13.1 Å². The van der Waals surface area contributed by atoms with E-state index in [-0.39, 0.29) is 0 Å². The van der Waals surface area contributed by atoms with Crippen molar-refractivity contribution in [2.45, 2.75) is 27.3 Å². The van der Waals surface area contributed by atoms with Gasteiger partial charge in [0, 0.05) is 18.8 Å². The van der Waals surface area contributed by atoms with Crippen molar-refractivity contribution in [3.63, 3.8) is 0 Å². The summed E-state index contributed by atoms with van der Waals surface area (Å²) in [4.78, 5) is 2.40. The largest absolute Gasteiger partial charge is 0.367 e. The van der Waals surface area contributed by atoms with Gasteiger partial charge in [0.05, 0.1) is 0 Å². The Morgan fingerprint density at radius 1 is 0.889 bits per heavy atom. The summed E-state index contributed by atoms with van der Waals surface area (Å²) >= 11 is 0. The first-order valence-corrected chi connectivity index (χ1v) is 6.56. The lowest BCUT2D eigenvalue weighted by Crippen LogP contribution is -2.21. The average Bonchev–Trinajstić information content (AvgIpc) is 2.36. The Kier molecular flexibility index (Phi) is 4.03. The van der Waals surface area contributed by atoms with E-state index in [1.165, 1.54) is 22.4 Å². The van der Waals surface area contributed by atoms with Gasteiger partial charge < -0.3 is 4.90 Å². The van der Waals surface area contributed by atoms with Crippen LogP contribution < -0.4 is 4.90 Å². The molecule has 1 heteroatoms. The third-order valence-corrected chi connectivity index (χ3v) is 3.20. The topological polar surface area (TPSA) is 3.24 Å². The molecule has 2 aromatic rings. The van der Waals surface area contributed by atoms with Crippen LogP contribution in [0.15, 0.2) is 48.5 Å². The molecule has 0 N–H and O–H groups in total. The molecule has 0 spiro atoms. The maximum absolute atomic E-state index is 2.40. The molecule has 18 heavy (non-hydrogen) atoms. The highest BCUT2D eigenvalue weighted by Gasteiger charge is 2.05. The quantitative estimate of drug-likeness (QED) is 0.767. The summed E-state index contributed by atoms with van der Waals surface area (Å²) in [6.45, 7) is 8.49. The van der Waals surface area contributed by atoms with Crippen molar-refractivity contribution in [3.8, 4) is 0 Å². The van der Waals surface area contributed by atoms with Crippen LogP contribution in [0.4, 0.5) is 5.69 Å². The van der Waals surface area contributed by atoms with Gasteiger partial charge in [-0.3, -0.25) is 0 Å². The van der Waals surface area contributed by atoms with Gasteiger partial charge in [-0.2, -0.15) is 0 Å². The molecule has 0 aliphatic heterocycles. The van der Waals surface area contributed by atoms with Crippen molar-refractivity contribution in [3.05, 3.63) is 65.2 Å². The average molecular weight is 239 g/mol. The normalized spacial score (nSPS) is 10.4. The first kappa shape index (κ1) is 12.7. The maximum Gasteiger partial charge on any atom is 0.0429 e. The summed E-state index contributed by atoms with van der Waals surface area (Å²) in [5.41, 5.74) is 5.32. The standard InChI is InChI=1S/C17H21N/c1-4-18(17-10-6-8-15(3)12-17)13-16-9-5-7-14(2)11-16/h5-12H,4,13H2,1-3H3. The van der Waals surface area contributed by atoms with Gasteiger partial charge in [0.2, 0.25) is 0 Å². The summed E-state index contributed by atoms with van der Waals surface area (Å²) in [6.07, 6.45) is 0. The number of rotatable bonds is 4. The Bertz CT molecular complexity index is 517. The Hall–Kier alpha value is -1.76. The molecule has 0 heterocycles. The molecule has 0 saturated heterocycles. The molecule has 2 aromatic carbocycles. The number of aryl methyl sites for hydroxylation is 2. The summed E-state index contributed by atoms with van der Waals surface area (Å²) in [5.74, 6) is 0. The second-order valence-electron chi connectivity index (χ2n) is 4.84. The molecule has 0 atom stereocenters. The van der Waals surface area contributed by atoms with Crippen LogP contribution in [-0.4, -0.2) is 6.54 Å². The summed E-state index contributed by atoms with van der Waals surface area (Å²) in [6, 6.07) is 17.4. The van der Waals surface area contributed by atoms with Crippen molar-refractivity contribution in [1.82, 2.24) is 0 Å². The van der Waals surface area contributed by atoms with Crippen LogP contribution in [0.1, 0.15) is 23.6 Å². The van der Waals surface area contributed by atoms with Gasteiger partial charge >= 0.3 is 0 Å². The molecule has 1 nitrogen and oxygen atoms in total. The van der Waals surface area contributed by atoms with Crippen LogP contribution in [0.5, 0.6) is 0 Å². The van der Waals surface area contributed by atoms with Gasteiger partial charge in [-0.15, -0.1) is 0 Å². The number of nitrogens with zero attached hydrogens (tertiary/aromatic N) is 1. The monoisotopic (exact) mass is 239 g/mol. The van der Waals surface area contributed by atoms with E-state index in [9.17, 15) is 0 Å². The molecule has 0 radical (unpaired) electrons. The zero-order valence-corrected chi connectivity index (χ0v) is 11.5. The second-order valence-corrected chi connectivity index (χ2v) is 4.84. The fourth-order valence-corrected chi connectivity index (χ4v) is 2.24. The lowest BCUT2D eigenvalue weighted by molar-refractivity contribution is 0.830. The van der Waals surface area contributed by atoms with Gasteiger partial charge in [0.1, 0.15) is 0 Å². The van der Waals surface area contributed by atoms with Crippen LogP contribution >= 0.6 is 0 Å². The Balaban J connectivity index is 2.19. The highest BCUT2D eigenvalue weighted by Crippen LogP contribution is 2.18. The highest BCUT2D eigenvalue weighted by atomic mass is 15.1. The van der Waals surface area contributed by atoms with E-state index in [1.54, 1.807) is 0 Å². The lowest BCUT2D eigenvalue weighted by Gasteiger charge is -2.23. The molecule has 0 saturated carbocycles. The van der Waals surface area contributed by atoms with Crippen molar-refractivity contribution < 1.29 is 0 Å². The van der Waals surface area contributed by atoms with Crippen LogP contribution in [0, 0.1) is 13.8 Å². The Labute approximate surface area is 110 Å². The van der Waals surface area contributed by atoms with E-state index in [1.807, 2.05) is 0 Å². The minimum Gasteiger partial charge on any atom is -0.367 e. The van der Waals surface area contributed by atoms with E-state index < -0.39 is 0 Å². The van der Waals surface area contributed by atoms with Crippen molar-refractivity contribution in [2.75, 3.05) is 11.4 Å². The third kappa shape index (κ3) is 3.13. The van der Waals surface area contributed by atoms with E-state index in [0.29, 0.717) is 0 Å².